The summed E-state index contributed by atoms with van der Waals surface area (Å²) in [5.74, 6) is 0.626. The summed E-state index contributed by atoms with van der Waals surface area (Å²) in [6.07, 6.45) is 7.32. The van der Waals surface area contributed by atoms with Gasteiger partial charge in [-0.1, -0.05) is 43.5 Å². The Labute approximate surface area is 208 Å². The summed E-state index contributed by atoms with van der Waals surface area (Å²) in [4.78, 5) is 0.203. The van der Waals surface area contributed by atoms with Crippen LogP contribution in [0.1, 0.15) is 63.9 Å². The van der Waals surface area contributed by atoms with Gasteiger partial charge in [-0.2, -0.15) is 4.31 Å². The van der Waals surface area contributed by atoms with Crippen molar-refractivity contribution < 1.29 is 16.8 Å². The number of halogens is 1. The minimum absolute atomic E-state index is 0.0677. The zero-order valence-electron chi connectivity index (χ0n) is 19.5. The zero-order valence-corrected chi connectivity index (χ0v) is 21.9. The summed E-state index contributed by atoms with van der Waals surface area (Å²) in [6, 6.07) is 12.7. The number of sulfonamides is 2. The molecule has 2 saturated carbocycles. The van der Waals surface area contributed by atoms with Crippen molar-refractivity contribution in [2.24, 2.45) is 5.92 Å². The van der Waals surface area contributed by atoms with Crippen LogP contribution in [0.4, 0.5) is 0 Å². The molecule has 0 spiro atoms. The Morgan fingerprint density at radius 1 is 0.824 bits per heavy atom. The number of hydrogen-bond acceptors (Lipinski definition) is 4. The van der Waals surface area contributed by atoms with Crippen molar-refractivity contribution in [3.8, 4) is 0 Å². The molecule has 0 aromatic heterocycles. The van der Waals surface area contributed by atoms with Crippen LogP contribution in [0.5, 0.6) is 0 Å². The molecule has 9 heteroatoms. The van der Waals surface area contributed by atoms with E-state index in [-0.39, 0.29) is 28.4 Å². The Morgan fingerprint density at radius 3 is 1.97 bits per heavy atom. The number of rotatable bonds is 8. The van der Waals surface area contributed by atoms with Crippen LogP contribution in [0, 0.1) is 5.92 Å². The molecule has 34 heavy (non-hydrogen) atoms. The van der Waals surface area contributed by atoms with Crippen LogP contribution >= 0.6 is 11.6 Å². The Morgan fingerprint density at radius 2 is 1.38 bits per heavy atom. The van der Waals surface area contributed by atoms with Crippen LogP contribution in [0.2, 0.25) is 5.02 Å². The maximum Gasteiger partial charge on any atom is 0.243 e. The molecule has 186 valence electrons. The Kier molecular flexibility index (Phi) is 8.04. The van der Waals surface area contributed by atoms with Gasteiger partial charge in [0.25, 0.3) is 0 Å². The molecule has 0 amide bonds. The number of nitrogens with one attached hydrogen (secondary N) is 1. The molecular formula is C25H33ClN2O4S2. The molecule has 2 aliphatic carbocycles. The van der Waals surface area contributed by atoms with Crippen LogP contribution in [-0.2, 0) is 26.6 Å². The monoisotopic (exact) mass is 524 g/mol. The van der Waals surface area contributed by atoms with Crippen LogP contribution < -0.4 is 4.72 Å². The summed E-state index contributed by atoms with van der Waals surface area (Å²) < 4.78 is 57.4. The highest BCUT2D eigenvalue weighted by Gasteiger charge is 2.34. The predicted molar refractivity (Wildman–Crippen MR) is 135 cm³/mol. The van der Waals surface area contributed by atoms with Gasteiger partial charge in [0.1, 0.15) is 0 Å². The molecule has 0 unspecified atom stereocenters. The summed E-state index contributed by atoms with van der Waals surface area (Å²) in [6.45, 7) is 2.44. The van der Waals surface area contributed by atoms with Crippen molar-refractivity contribution in [3.63, 3.8) is 0 Å². The minimum atomic E-state index is -3.80. The summed E-state index contributed by atoms with van der Waals surface area (Å²) in [7, 11) is -7.50. The topological polar surface area (TPSA) is 83.5 Å². The average molecular weight is 525 g/mol. The van der Waals surface area contributed by atoms with Gasteiger partial charge < -0.3 is 0 Å². The zero-order chi connectivity index (χ0) is 24.3. The normalized spacial score (nSPS) is 22.3. The predicted octanol–water partition coefficient (Wildman–Crippen LogP) is 5.33. The fourth-order valence-electron chi connectivity index (χ4n) is 4.96. The van der Waals surface area contributed by atoms with Crippen LogP contribution in [0.3, 0.4) is 0 Å². The number of benzene rings is 2. The summed E-state index contributed by atoms with van der Waals surface area (Å²) >= 11 is 5.99. The van der Waals surface area contributed by atoms with E-state index in [4.69, 9.17) is 11.6 Å². The van der Waals surface area contributed by atoms with Crippen LogP contribution in [0.25, 0.3) is 0 Å². The quantitative estimate of drug-likeness (QED) is 0.506. The van der Waals surface area contributed by atoms with Crippen LogP contribution in [-0.4, -0.2) is 33.2 Å². The second-order valence-electron chi connectivity index (χ2n) is 9.66. The molecule has 4 rings (SSSR count). The van der Waals surface area contributed by atoms with Crippen molar-refractivity contribution in [2.75, 3.05) is 0 Å². The van der Waals surface area contributed by atoms with E-state index in [2.05, 4.69) is 11.6 Å². The first-order valence-corrected chi connectivity index (χ1v) is 15.3. The third kappa shape index (κ3) is 6.02. The van der Waals surface area contributed by atoms with E-state index in [0.717, 1.165) is 56.9 Å². The fraction of sp³-hybridized carbons (Fsp3) is 0.520. The summed E-state index contributed by atoms with van der Waals surface area (Å²) in [5, 5.41) is 0.604. The van der Waals surface area contributed by atoms with Gasteiger partial charge in [-0.3, -0.25) is 0 Å². The minimum Gasteiger partial charge on any atom is -0.208 e. The van der Waals surface area contributed by atoms with E-state index in [1.54, 1.807) is 16.4 Å². The maximum absolute atomic E-state index is 13.6. The molecular weight excluding hydrogens is 492 g/mol. The molecule has 1 N–H and O–H groups in total. The molecule has 0 heterocycles. The second kappa shape index (κ2) is 10.7. The Balaban J connectivity index is 1.54. The molecule has 0 bridgehead atoms. The first-order valence-electron chi connectivity index (χ1n) is 12.0. The fourth-order valence-corrected chi connectivity index (χ4v) is 8.07. The van der Waals surface area contributed by atoms with Gasteiger partial charge in [-0.25, -0.2) is 21.6 Å². The van der Waals surface area contributed by atoms with Crippen molar-refractivity contribution in [3.05, 3.63) is 59.1 Å². The standard InChI is InChI=1S/C25H33ClN2O4S2/c1-19-6-12-22(13-7-19)27-33(29,30)24-14-16-25(17-15-24)34(31,32)28(23-4-2-3-5-23)18-20-8-10-21(26)11-9-20/h8-11,14-17,19,22-23,27H,2-7,12-13,18H2,1H3. The highest BCUT2D eigenvalue weighted by molar-refractivity contribution is 7.89. The molecule has 0 radical (unpaired) electrons. The summed E-state index contributed by atoms with van der Waals surface area (Å²) in [5.41, 5.74) is 0.866. The molecule has 2 aliphatic rings. The average Bonchev–Trinajstić information content (AvgIpc) is 3.34. The first kappa shape index (κ1) is 25.6. The van der Waals surface area contributed by atoms with Gasteiger partial charge in [-0.05, 0) is 86.4 Å². The molecule has 2 fully saturated rings. The van der Waals surface area contributed by atoms with E-state index in [0.29, 0.717) is 10.9 Å². The third-order valence-corrected chi connectivity index (χ3v) is 10.8. The van der Waals surface area contributed by atoms with Gasteiger partial charge >= 0.3 is 0 Å². The molecule has 0 atom stereocenters. The van der Waals surface area contributed by atoms with Gasteiger partial charge in [-0.15, -0.1) is 0 Å². The smallest absolute Gasteiger partial charge is 0.208 e. The van der Waals surface area contributed by atoms with Gasteiger partial charge in [0.15, 0.2) is 0 Å². The number of hydrogen-bond donors (Lipinski definition) is 1. The first-order chi connectivity index (χ1) is 16.1. The van der Waals surface area contributed by atoms with Crippen molar-refractivity contribution in [1.82, 2.24) is 9.03 Å². The highest BCUT2D eigenvalue weighted by atomic mass is 35.5. The maximum atomic E-state index is 13.6. The van der Waals surface area contributed by atoms with Gasteiger partial charge in [0, 0.05) is 23.7 Å². The number of nitrogens with zero attached hydrogens (tertiary/aromatic N) is 1. The molecule has 2 aromatic rings. The second-order valence-corrected chi connectivity index (χ2v) is 13.7. The third-order valence-electron chi connectivity index (χ3n) is 7.06. The van der Waals surface area contributed by atoms with Crippen LogP contribution in [0.15, 0.2) is 58.3 Å². The lowest BCUT2D eigenvalue weighted by Gasteiger charge is -2.28. The van der Waals surface area contributed by atoms with Crippen molar-refractivity contribution in [2.45, 2.75) is 86.7 Å². The Bertz CT molecular complexity index is 1170. The lowest BCUT2D eigenvalue weighted by molar-refractivity contribution is 0.316. The van der Waals surface area contributed by atoms with E-state index < -0.39 is 20.0 Å². The molecule has 2 aromatic carbocycles. The van der Waals surface area contributed by atoms with Crippen molar-refractivity contribution >= 4 is 31.6 Å². The van der Waals surface area contributed by atoms with Crippen molar-refractivity contribution in [1.29, 1.82) is 0 Å². The van der Waals surface area contributed by atoms with Gasteiger partial charge in [0.05, 0.1) is 9.79 Å². The SMILES string of the molecule is CC1CCC(NS(=O)(=O)c2ccc(S(=O)(=O)N(Cc3ccc(Cl)cc3)C3CCCC3)cc2)CC1. The highest BCUT2D eigenvalue weighted by Crippen LogP contribution is 2.31. The van der Waals surface area contributed by atoms with E-state index in [1.165, 1.54) is 24.3 Å². The van der Waals surface area contributed by atoms with E-state index in [9.17, 15) is 16.8 Å². The van der Waals surface area contributed by atoms with E-state index in [1.807, 2.05) is 12.1 Å². The lowest BCUT2D eigenvalue weighted by Crippen LogP contribution is -2.38. The molecule has 0 aliphatic heterocycles. The lowest BCUT2D eigenvalue weighted by atomic mass is 9.88. The van der Waals surface area contributed by atoms with E-state index >= 15 is 0 Å². The molecule has 6 nitrogen and oxygen atoms in total. The van der Waals surface area contributed by atoms with Gasteiger partial charge in [0.2, 0.25) is 20.0 Å². The molecule has 0 saturated heterocycles. The Hall–Kier alpha value is -1.45. The largest absolute Gasteiger partial charge is 0.243 e.